The molecule has 0 aromatic heterocycles. The van der Waals surface area contributed by atoms with Crippen molar-refractivity contribution in [1.29, 1.82) is 0 Å². The van der Waals surface area contributed by atoms with Crippen LogP contribution in [0.2, 0.25) is 0 Å². The van der Waals surface area contributed by atoms with Gasteiger partial charge in [0.1, 0.15) is 5.76 Å². The summed E-state index contributed by atoms with van der Waals surface area (Å²) in [4.78, 5) is 26.1. The van der Waals surface area contributed by atoms with Crippen molar-refractivity contribution in [2.24, 2.45) is 0 Å². The molecule has 1 aliphatic rings. The van der Waals surface area contributed by atoms with E-state index in [1.807, 2.05) is 79.7 Å². The van der Waals surface area contributed by atoms with Crippen molar-refractivity contribution in [3.63, 3.8) is 0 Å². The fourth-order valence-electron chi connectivity index (χ4n) is 3.45. The van der Waals surface area contributed by atoms with Crippen LogP contribution in [0.15, 0.2) is 90.5 Å². The number of aryl methyl sites for hydroxylation is 1. The van der Waals surface area contributed by atoms with Crippen LogP contribution in [0, 0.1) is 6.92 Å². The lowest BCUT2D eigenvalue weighted by atomic mass is 9.85. The minimum atomic E-state index is -0.490. The number of esters is 1. The maximum Gasteiger partial charge on any atom is 0.319 e. The topological polar surface area (TPSA) is 43.4 Å². The minimum absolute atomic E-state index is 0.107. The monoisotopic (exact) mass is 368 g/mol. The van der Waals surface area contributed by atoms with Gasteiger partial charge >= 0.3 is 5.97 Å². The lowest BCUT2D eigenvalue weighted by molar-refractivity contribution is -0.139. The summed E-state index contributed by atoms with van der Waals surface area (Å²) in [7, 11) is 0. The van der Waals surface area contributed by atoms with E-state index < -0.39 is 5.92 Å². The Morgan fingerprint density at radius 2 is 1.46 bits per heavy atom. The highest BCUT2D eigenvalue weighted by Gasteiger charge is 2.35. The number of allylic oxidation sites excluding steroid dienone is 1. The summed E-state index contributed by atoms with van der Waals surface area (Å²) in [6, 6.07) is 26.3. The van der Waals surface area contributed by atoms with Gasteiger partial charge in [-0.15, -0.1) is 0 Å². The summed E-state index contributed by atoms with van der Waals surface area (Å²) >= 11 is 0. The molecule has 1 atom stereocenters. The van der Waals surface area contributed by atoms with E-state index in [1.165, 1.54) is 0 Å². The Kier molecular flexibility index (Phi) is 4.90. The zero-order valence-electron chi connectivity index (χ0n) is 15.6. The third-order valence-electron chi connectivity index (χ3n) is 5.00. The maximum atomic E-state index is 13.3. The molecule has 0 saturated heterocycles. The number of rotatable bonds is 4. The molecule has 4 rings (SSSR count). The van der Waals surface area contributed by atoms with Crippen LogP contribution in [-0.2, 0) is 9.53 Å². The summed E-state index contributed by atoms with van der Waals surface area (Å²) in [5, 5.41) is 0. The second kappa shape index (κ2) is 7.65. The number of benzene rings is 3. The van der Waals surface area contributed by atoms with Crippen LogP contribution in [0.3, 0.4) is 0 Å². The van der Waals surface area contributed by atoms with Gasteiger partial charge in [-0.05, 0) is 18.9 Å². The van der Waals surface area contributed by atoms with Crippen molar-refractivity contribution < 1.29 is 14.3 Å². The van der Waals surface area contributed by atoms with Crippen molar-refractivity contribution in [2.75, 3.05) is 0 Å². The highest BCUT2D eigenvalue weighted by Crippen LogP contribution is 2.38. The average molecular weight is 368 g/mol. The Morgan fingerprint density at radius 1 is 0.857 bits per heavy atom. The van der Waals surface area contributed by atoms with Crippen LogP contribution in [0.4, 0.5) is 0 Å². The fraction of sp³-hybridized carbons (Fsp3) is 0.120. The fourth-order valence-corrected chi connectivity index (χ4v) is 3.45. The SMILES string of the molecule is Cc1ccc(C2CC(C(=O)c3ccccc3)=C(c3ccccc3)OC2=O)cc1. The normalized spacial score (nSPS) is 16.6. The number of cyclic esters (lactones) is 1. The summed E-state index contributed by atoms with van der Waals surface area (Å²) in [5.74, 6) is -0.560. The molecule has 1 aliphatic heterocycles. The molecule has 0 amide bonds. The van der Waals surface area contributed by atoms with E-state index in [9.17, 15) is 9.59 Å². The molecular formula is C25H20O3. The van der Waals surface area contributed by atoms with Gasteiger partial charge in [0, 0.05) is 16.7 Å². The Morgan fingerprint density at radius 3 is 2.11 bits per heavy atom. The predicted octanol–water partition coefficient (Wildman–Crippen LogP) is 5.32. The van der Waals surface area contributed by atoms with Crippen LogP contribution < -0.4 is 0 Å². The molecule has 0 bridgehead atoms. The van der Waals surface area contributed by atoms with Gasteiger partial charge in [-0.3, -0.25) is 9.59 Å². The molecule has 3 nitrogen and oxygen atoms in total. The van der Waals surface area contributed by atoms with E-state index in [4.69, 9.17) is 4.74 Å². The van der Waals surface area contributed by atoms with E-state index >= 15 is 0 Å². The van der Waals surface area contributed by atoms with Crippen molar-refractivity contribution in [2.45, 2.75) is 19.3 Å². The first-order valence-electron chi connectivity index (χ1n) is 9.30. The van der Waals surface area contributed by atoms with Gasteiger partial charge in [0.05, 0.1) is 5.92 Å². The van der Waals surface area contributed by atoms with Crippen LogP contribution in [-0.4, -0.2) is 11.8 Å². The maximum absolute atomic E-state index is 13.3. The first-order valence-corrected chi connectivity index (χ1v) is 9.30. The van der Waals surface area contributed by atoms with E-state index in [0.717, 1.165) is 16.7 Å². The van der Waals surface area contributed by atoms with Gasteiger partial charge < -0.3 is 4.74 Å². The van der Waals surface area contributed by atoms with Gasteiger partial charge in [0.2, 0.25) is 0 Å². The third-order valence-corrected chi connectivity index (χ3v) is 5.00. The van der Waals surface area contributed by atoms with Gasteiger partial charge in [0.15, 0.2) is 5.78 Å². The molecule has 3 aromatic rings. The van der Waals surface area contributed by atoms with E-state index in [-0.39, 0.29) is 11.8 Å². The molecule has 0 N–H and O–H groups in total. The highest BCUT2D eigenvalue weighted by atomic mass is 16.5. The number of Topliss-reactive ketones (excluding diaryl/α,β-unsaturated/α-hetero) is 1. The van der Waals surface area contributed by atoms with Gasteiger partial charge in [-0.25, -0.2) is 0 Å². The van der Waals surface area contributed by atoms with Gasteiger partial charge in [0.25, 0.3) is 0 Å². The largest absolute Gasteiger partial charge is 0.425 e. The lowest BCUT2D eigenvalue weighted by Crippen LogP contribution is -2.25. The van der Waals surface area contributed by atoms with Crippen molar-refractivity contribution in [3.8, 4) is 0 Å². The van der Waals surface area contributed by atoms with Gasteiger partial charge in [-0.1, -0.05) is 90.5 Å². The Hall–Kier alpha value is -3.46. The van der Waals surface area contributed by atoms with Crippen molar-refractivity contribution in [1.82, 2.24) is 0 Å². The first kappa shape index (κ1) is 17.9. The number of hydrogen-bond donors (Lipinski definition) is 0. The second-order valence-corrected chi connectivity index (χ2v) is 6.96. The van der Waals surface area contributed by atoms with Crippen LogP contribution >= 0.6 is 0 Å². The molecule has 0 spiro atoms. The van der Waals surface area contributed by atoms with E-state index in [1.54, 1.807) is 12.1 Å². The molecule has 1 unspecified atom stereocenters. The molecule has 0 saturated carbocycles. The summed E-state index contributed by atoms with van der Waals surface area (Å²) < 4.78 is 5.74. The number of ether oxygens (including phenoxy) is 1. The van der Waals surface area contributed by atoms with Crippen LogP contribution in [0.5, 0.6) is 0 Å². The molecule has 1 heterocycles. The molecular weight excluding hydrogens is 348 g/mol. The van der Waals surface area contributed by atoms with Crippen LogP contribution in [0.1, 0.15) is 39.4 Å². The minimum Gasteiger partial charge on any atom is -0.425 e. The highest BCUT2D eigenvalue weighted by molar-refractivity contribution is 6.14. The number of hydrogen-bond acceptors (Lipinski definition) is 3. The first-order chi connectivity index (χ1) is 13.6. The quantitative estimate of drug-likeness (QED) is 0.462. The van der Waals surface area contributed by atoms with Gasteiger partial charge in [-0.2, -0.15) is 0 Å². The number of carbonyl (C=O) groups is 2. The zero-order chi connectivity index (χ0) is 19.5. The summed E-state index contributed by atoms with van der Waals surface area (Å²) in [6.07, 6.45) is 0.319. The number of ketones is 1. The lowest BCUT2D eigenvalue weighted by Gasteiger charge is -2.26. The number of carbonyl (C=O) groups excluding carboxylic acids is 2. The predicted molar refractivity (Wildman–Crippen MR) is 109 cm³/mol. The summed E-state index contributed by atoms with van der Waals surface area (Å²) in [5.41, 5.74) is 3.83. The van der Waals surface area contributed by atoms with E-state index in [2.05, 4.69) is 0 Å². The van der Waals surface area contributed by atoms with Crippen LogP contribution in [0.25, 0.3) is 5.76 Å². The molecule has 3 aromatic carbocycles. The Balaban J connectivity index is 1.80. The molecule has 0 radical (unpaired) electrons. The third kappa shape index (κ3) is 3.52. The Bertz CT molecular complexity index is 1030. The smallest absolute Gasteiger partial charge is 0.319 e. The molecule has 0 aliphatic carbocycles. The second-order valence-electron chi connectivity index (χ2n) is 6.96. The molecule has 28 heavy (non-hydrogen) atoms. The van der Waals surface area contributed by atoms with Crippen molar-refractivity contribution in [3.05, 3.63) is 113 Å². The molecule has 0 fully saturated rings. The van der Waals surface area contributed by atoms with E-state index in [0.29, 0.717) is 23.3 Å². The zero-order valence-corrected chi connectivity index (χ0v) is 15.6. The summed E-state index contributed by atoms with van der Waals surface area (Å²) in [6.45, 7) is 2.00. The standard InChI is InChI=1S/C25H20O3/c1-17-12-14-18(15-13-17)21-16-22(23(26)19-8-4-2-5-9-19)24(28-25(21)27)20-10-6-3-7-11-20/h2-15,21H,16H2,1H3. The molecule has 3 heteroatoms. The molecule has 138 valence electrons. The van der Waals surface area contributed by atoms with Crippen molar-refractivity contribution >= 4 is 17.5 Å². The Labute approximate surface area is 164 Å². The average Bonchev–Trinajstić information content (AvgIpc) is 2.75.